The topological polar surface area (TPSA) is 52.6 Å². The lowest BCUT2D eigenvalue weighted by Crippen LogP contribution is -2.55. The molecule has 2 aliphatic rings. The van der Waals surface area contributed by atoms with Gasteiger partial charge in [0.05, 0.1) is 12.1 Å². The molecule has 0 unspecified atom stereocenters. The van der Waals surface area contributed by atoms with E-state index in [-0.39, 0.29) is 6.03 Å². The molecule has 0 aromatic carbocycles. The Morgan fingerprint density at radius 2 is 2.23 bits per heavy atom. The molecule has 2 fully saturated rings. The maximum atomic E-state index is 11.3. The van der Waals surface area contributed by atoms with E-state index >= 15 is 0 Å². The number of nitrogens with zero attached hydrogens (tertiary/aromatic N) is 1. The van der Waals surface area contributed by atoms with E-state index in [4.69, 9.17) is 0 Å². The highest BCUT2D eigenvalue weighted by atomic mass is 16.3. The van der Waals surface area contributed by atoms with Crippen LogP contribution in [0.15, 0.2) is 0 Å². The average Bonchev–Trinajstić information content (AvgIpc) is 2.06. The van der Waals surface area contributed by atoms with Crippen LogP contribution in [0.4, 0.5) is 4.79 Å². The molecule has 4 nitrogen and oxygen atoms in total. The van der Waals surface area contributed by atoms with Gasteiger partial charge in [0.1, 0.15) is 0 Å². The predicted octanol–water partition coefficient (Wildman–Crippen LogP) is 0.317. The lowest BCUT2D eigenvalue weighted by Gasteiger charge is -2.41. The Kier molecular flexibility index (Phi) is 2.15. The van der Waals surface area contributed by atoms with Crippen LogP contribution < -0.4 is 5.32 Å². The standard InChI is InChI=1S/C9H16N2O2/c12-8-10-5-2-6-11(8)7-9(13)3-1-4-9/h13H,1-7H2,(H,10,12). The normalized spacial score (nSPS) is 26.5. The van der Waals surface area contributed by atoms with E-state index in [1.807, 2.05) is 0 Å². The molecule has 1 heterocycles. The van der Waals surface area contributed by atoms with E-state index in [0.717, 1.165) is 38.8 Å². The van der Waals surface area contributed by atoms with Gasteiger partial charge in [-0.25, -0.2) is 4.79 Å². The number of urea groups is 1. The molecule has 2 amide bonds. The van der Waals surface area contributed by atoms with Gasteiger partial charge in [0.15, 0.2) is 0 Å². The number of β-amino-alcohol motifs (C(OH)–C–C–N with tert-alkyl or cyclic N) is 1. The van der Waals surface area contributed by atoms with Gasteiger partial charge in [-0.15, -0.1) is 0 Å². The minimum Gasteiger partial charge on any atom is -0.388 e. The molecule has 13 heavy (non-hydrogen) atoms. The summed E-state index contributed by atoms with van der Waals surface area (Å²) in [7, 11) is 0. The smallest absolute Gasteiger partial charge is 0.317 e. The lowest BCUT2D eigenvalue weighted by atomic mass is 9.80. The Balaban J connectivity index is 1.88. The molecule has 2 rings (SSSR count). The van der Waals surface area contributed by atoms with E-state index in [1.165, 1.54) is 0 Å². The second-order valence-corrected chi connectivity index (χ2v) is 4.08. The summed E-state index contributed by atoms with van der Waals surface area (Å²) in [6, 6.07) is -0.0217. The van der Waals surface area contributed by atoms with Crippen molar-refractivity contribution in [1.82, 2.24) is 10.2 Å². The molecule has 4 heteroatoms. The van der Waals surface area contributed by atoms with Gasteiger partial charge in [0.25, 0.3) is 0 Å². The number of hydrogen-bond acceptors (Lipinski definition) is 2. The van der Waals surface area contributed by atoms with Gasteiger partial charge in [-0.05, 0) is 25.7 Å². The van der Waals surface area contributed by atoms with Gasteiger partial charge in [-0.1, -0.05) is 0 Å². The predicted molar refractivity (Wildman–Crippen MR) is 48.4 cm³/mol. The SMILES string of the molecule is O=C1NCCCN1CC1(O)CCC1. The number of aliphatic hydroxyl groups is 1. The first-order valence-corrected chi connectivity index (χ1v) is 4.95. The molecule has 0 aromatic heterocycles. The fourth-order valence-electron chi connectivity index (χ4n) is 1.93. The Bertz CT molecular complexity index is 214. The number of amides is 2. The summed E-state index contributed by atoms with van der Waals surface area (Å²) in [5.41, 5.74) is -0.575. The van der Waals surface area contributed by atoms with Crippen molar-refractivity contribution in [1.29, 1.82) is 0 Å². The van der Waals surface area contributed by atoms with Gasteiger partial charge in [-0.2, -0.15) is 0 Å². The van der Waals surface area contributed by atoms with Gasteiger partial charge < -0.3 is 15.3 Å². The van der Waals surface area contributed by atoms with Crippen molar-refractivity contribution in [3.05, 3.63) is 0 Å². The zero-order chi connectivity index (χ0) is 9.31. The van der Waals surface area contributed by atoms with Crippen molar-refractivity contribution in [3.63, 3.8) is 0 Å². The van der Waals surface area contributed by atoms with E-state index < -0.39 is 5.60 Å². The Morgan fingerprint density at radius 1 is 1.46 bits per heavy atom. The number of rotatable bonds is 2. The molecule has 2 N–H and O–H groups in total. The summed E-state index contributed by atoms with van der Waals surface area (Å²) in [5, 5.41) is 12.6. The summed E-state index contributed by atoms with van der Waals surface area (Å²) < 4.78 is 0. The molecule has 74 valence electrons. The van der Waals surface area contributed by atoms with Crippen LogP contribution in [0.25, 0.3) is 0 Å². The van der Waals surface area contributed by atoms with E-state index in [9.17, 15) is 9.90 Å². The average molecular weight is 184 g/mol. The van der Waals surface area contributed by atoms with Crippen LogP contribution in [0.1, 0.15) is 25.7 Å². The second kappa shape index (κ2) is 3.18. The van der Waals surface area contributed by atoms with Crippen LogP contribution in [-0.2, 0) is 0 Å². The molecular weight excluding hydrogens is 168 g/mol. The fraction of sp³-hybridized carbons (Fsp3) is 0.889. The number of hydrogen-bond donors (Lipinski definition) is 2. The summed E-state index contributed by atoms with van der Waals surface area (Å²) in [5.74, 6) is 0. The van der Waals surface area contributed by atoms with Crippen molar-refractivity contribution in [2.45, 2.75) is 31.3 Å². The fourth-order valence-corrected chi connectivity index (χ4v) is 1.93. The molecule has 0 bridgehead atoms. The Hall–Kier alpha value is -0.770. The molecule has 1 aliphatic carbocycles. The summed E-state index contributed by atoms with van der Waals surface area (Å²) >= 11 is 0. The molecule has 0 spiro atoms. The molecule has 1 saturated heterocycles. The van der Waals surface area contributed by atoms with Crippen molar-refractivity contribution in [3.8, 4) is 0 Å². The van der Waals surface area contributed by atoms with Crippen molar-refractivity contribution in [2.24, 2.45) is 0 Å². The van der Waals surface area contributed by atoms with Crippen molar-refractivity contribution < 1.29 is 9.90 Å². The highest BCUT2D eigenvalue weighted by Crippen LogP contribution is 2.32. The summed E-state index contributed by atoms with van der Waals surface area (Å²) in [6.07, 6.45) is 3.77. The highest BCUT2D eigenvalue weighted by molar-refractivity contribution is 5.74. The summed E-state index contributed by atoms with van der Waals surface area (Å²) in [4.78, 5) is 13.0. The van der Waals surface area contributed by atoms with E-state index in [1.54, 1.807) is 4.90 Å². The quantitative estimate of drug-likeness (QED) is 0.649. The molecular formula is C9H16N2O2. The van der Waals surface area contributed by atoms with E-state index in [0.29, 0.717) is 6.54 Å². The second-order valence-electron chi connectivity index (χ2n) is 4.08. The molecule has 0 aromatic rings. The largest absolute Gasteiger partial charge is 0.388 e. The van der Waals surface area contributed by atoms with Crippen LogP contribution in [0.3, 0.4) is 0 Å². The Morgan fingerprint density at radius 3 is 2.77 bits per heavy atom. The molecule has 0 radical (unpaired) electrons. The maximum absolute atomic E-state index is 11.3. The van der Waals surface area contributed by atoms with E-state index in [2.05, 4.69) is 5.32 Å². The van der Waals surface area contributed by atoms with Crippen LogP contribution in [0, 0.1) is 0 Å². The third-order valence-corrected chi connectivity index (χ3v) is 2.94. The maximum Gasteiger partial charge on any atom is 0.317 e. The first kappa shape index (κ1) is 8.81. The zero-order valence-corrected chi connectivity index (χ0v) is 7.75. The first-order chi connectivity index (χ1) is 6.20. The van der Waals surface area contributed by atoms with Gasteiger partial charge >= 0.3 is 6.03 Å². The third kappa shape index (κ3) is 1.77. The molecule has 1 saturated carbocycles. The summed E-state index contributed by atoms with van der Waals surface area (Å²) in [6.45, 7) is 2.07. The van der Waals surface area contributed by atoms with Crippen molar-refractivity contribution in [2.75, 3.05) is 19.6 Å². The van der Waals surface area contributed by atoms with Gasteiger partial charge in [0.2, 0.25) is 0 Å². The molecule has 0 atom stereocenters. The zero-order valence-electron chi connectivity index (χ0n) is 7.75. The Labute approximate surface area is 77.9 Å². The molecule has 1 aliphatic heterocycles. The van der Waals surface area contributed by atoms with Crippen molar-refractivity contribution >= 4 is 6.03 Å². The number of nitrogens with one attached hydrogen (secondary N) is 1. The minimum absolute atomic E-state index is 0.0217. The van der Waals surface area contributed by atoms with Crippen LogP contribution in [0.2, 0.25) is 0 Å². The van der Waals surface area contributed by atoms with Gasteiger partial charge in [-0.3, -0.25) is 0 Å². The van der Waals surface area contributed by atoms with Crippen LogP contribution >= 0.6 is 0 Å². The number of carbonyl (C=O) groups excluding carboxylic acids is 1. The lowest BCUT2D eigenvalue weighted by molar-refractivity contribution is -0.0523. The highest BCUT2D eigenvalue weighted by Gasteiger charge is 2.37. The van der Waals surface area contributed by atoms with Crippen LogP contribution in [0.5, 0.6) is 0 Å². The monoisotopic (exact) mass is 184 g/mol. The van der Waals surface area contributed by atoms with Crippen LogP contribution in [-0.4, -0.2) is 41.3 Å². The van der Waals surface area contributed by atoms with Gasteiger partial charge in [0, 0.05) is 13.1 Å². The number of carbonyl (C=O) groups is 1. The minimum atomic E-state index is -0.575. The first-order valence-electron chi connectivity index (χ1n) is 4.95. The third-order valence-electron chi connectivity index (χ3n) is 2.94.